The largest absolute Gasteiger partial charge is 0.0654 e. The zero-order valence-electron chi connectivity index (χ0n) is 11.1. The van der Waals surface area contributed by atoms with E-state index in [-0.39, 0.29) is 0 Å². The predicted molar refractivity (Wildman–Crippen MR) is 71.9 cm³/mol. The molecule has 89 valence electrons. The van der Waals surface area contributed by atoms with E-state index in [2.05, 4.69) is 39.0 Å². The van der Waals surface area contributed by atoms with E-state index in [4.69, 9.17) is 0 Å². The second-order valence-corrected chi connectivity index (χ2v) is 4.56. The van der Waals surface area contributed by atoms with Crippen molar-refractivity contribution in [1.82, 2.24) is 0 Å². The lowest BCUT2D eigenvalue weighted by Crippen LogP contribution is -2.00. The number of rotatable bonds is 7. The van der Waals surface area contributed by atoms with Gasteiger partial charge >= 0.3 is 0 Å². The van der Waals surface area contributed by atoms with Crippen LogP contribution in [0.2, 0.25) is 0 Å². The highest BCUT2D eigenvalue weighted by molar-refractivity contribution is 5.35. The molecule has 0 fully saturated rings. The van der Waals surface area contributed by atoms with Crippen LogP contribution in [0, 0.1) is 6.07 Å². The molecule has 1 aromatic rings. The van der Waals surface area contributed by atoms with Gasteiger partial charge in [-0.2, -0.15) is 0 Å². The van der Waals surface area contributed by atoms with Gasteiger partial charge in [-0.05, 0) is 48.4 Å². The highest BCUT2D eigenvalue weighted by atomic mass is 14.1. The van der Waals surface area contributed by atoms with Crippen molar-refractivity contribution in [3.05, 3.63) is 34.9 Å². The summed E-state index contributed by atoms with van der Waals surface area (Å²) >= 11 is 0. The van der Waals surface area contributed by atoms with E-state index in [9.17, 15) is 0 Å². The molecule has 0 aliphatic heterocycles. The summed E-state index contributed by atoms with van der Waals surface area (Å²) in [6, 6.07) is 7.84. The first-order valence-electron chi connectivity index (χ1n) is 6.84. The molecule has 0 amide bonds. The highest BCUT2D eigenvalue weighted by Gasteiger charge is 2.06. The topological polar surface area (TPSA) is 0 Å². The predicted octanol–water partition coefficient (Wildman–Crippen LogP) is 4.73. The first-order valence-corrected chi connectivity index (χ1v) is 6.84. The van der Waals surface area contributed by atoms with Gasteiger partial charge in [0.2, 0.25) is 0 Å². The van der Waals surface area contributed by atoms with Crippen molar-refractivity contribution in [2.24, 2.45) is 0 Å². The molecule has 0 saturated heterocycles. The molecule has 0 aliphatic rings. The second kappa shape index (κ2) is 7.49. The average molecular weight is 217 g/mol. The lowest BCUT2D eigenvalue weighted by Gasteiger charge is -2.13. The van der Waals surface area contributed by atoms with Crippen LogP contribution in [0.4, 0.5) is 0 Å². The number of hydrogen-bond donors (Lipinski definition) is 0. The third kappa shape index (κ3) is 3.66. The van der Waals surface area contributed by atoms with Crippen molar-refractivity contribution in [3.8, 4) is 0 Å². The molecule has 0 atom stereocenters. The number of benzene rings is 1. The van der Waals surface area contributed by atoms with E-state index in [0.717, 1.165) is 0 Å². The SMILES string of the molecule is CCCCc1[c]ccc(CCC)c1CCC. The van der Waals surface area contributed by atoms with Crippen molar-refractivity contribution < 1.29 is 0 Å². The second-order valence-electron chi connectivity index (χ2n) is 4.56. The van der Waals surface area contributed by atoms with Crippen molar-refractivity contribution >= 4 is 0 Å². The molecule has 0 heterocycles. The van der Waals surface area contributed by atoms with Gasteiger partial charge < -0.3 is 0 Å². The Morgan fingerprint density at radius 2 is 1.69 bits per heavy atom. The summed E-state index contributed by atoms with van der Waals surface area (Å²) in [6.07, 6.45) is 8.72. The van der Waals surface area contributed by atoms with Gasteiger partial charge in [0.15, 0.2) is 0 Å². The monoisotopic (exact) mass is 217 g/mol. The maximum atomic E-state index is 3.46. The zero-order valence-corrected chi connectivity index (χ0v) is 11.1. The fourth-order valence-electron chi connectivity index (χ4n) is 2.27. The number of aryl methyl sites for hydroxylation is 2. The molecule has 1 rings (SSSR count). The minimum Gasteiger partial charge on any atom is -0.0654 e. The molecule has 0 nitrogen and oxygen atoms in total. The van der Waals surface area contributed by atoms with Gasteiger partial charge in [-0.25, -0.2) is 0 Å². The minimum atomic E-state index is 1.21. The molecule has 0 N–H and O–H groups in total. The van der Waals surface area contributed by atoms with Crippen molar-refractivity contribution in [1.29, 1.82) is 0 Å². The standard InChI is InChI=1S/C16H25/c1-4-7-11-15-13-8-12-14(9-5-2)16(15)10-6-3/h8,12H,4-7,9-11H2,1-3H3. The van der Waals surface area contributed by atoms with Crippen LogP contribution < -0.4 is 0 Å². The zero-order chi connectivity index (χ0) is 11.8. The lowest BCUT2D eigenvalue weighted by atomic mass is 9.92. The van der Waals surface area contributed by atoms with Crippen molar-refractivity contribution in [3.63, 3.8) is 0 Å². The summed E-state index contributed by atoms with van der Waals surface area (Å²) in [5, 5.41) is 0. The Bertz CT molecular complexity index is 299. The Hall–Kier alpha value is -0.780. The Kier molecular flexibility index (Phi) is 6.22. The normalized spacial score (nSPS) is 10.7. The summed E-state index contributed by atoms with van der Waals surface area (Å²) in [6.45, 7) is 6.79. The van der Waals surface area contributed by atoms with Crippen LogP contribution in [0.5, 0.6) is 0 Å². The van der Waals surface area contributed by atoms with Gasteiger partial charge in [0.25, 0.3) is 0 Å². The third-order valence-corrected chi connectivity index (χ3v) is 3.09. The Balaban J connectivity index is 2.90. The van der Waals surface area contributed by atoms with Gasteiger partial charge in [-0.3, -0.25) is 0 Å². The van der Waals surface area contributed by atoms with E-state index in [0.29, 0.717) is 0 Å². The molecule has 0 bridgehead atoms. The molecular formula is C16H25. The van der Waals surface area contributed by atoms with E-state index in [1.165, 1.54) is 50.5 Å². The number of unbranched alkanes of at least 4 members (excludes halogenated alkanes) is 1. The molecule has 16 heavy (non-hydrogen) atoms. The fraction of sp³-hybridized carbons (Fsp3) is 0.625. The molecular weight excluding hydrogens is 192 g/mol. The fourth-order valence-corrected chi connectivity index (χ4v) is 2.27. The van der Waals surface area contributed by atoms with Crippen molar-refractivity contribution in [2.45, 2.75) is 65.7 Å². The average Bonchev–Trinajstić information content (AvgIpc) is 2.30. The van der Waals surface area contributed by atoms with Crippen LogP contribution >= 0.6 is 0 Å². The Labute approximate surface area is 101 Å². The van der Waals surface area contributed by atoms with Crippen LogP contribution in [0.1, 0.15) is 63.1 Å². The van der Waals surface area contributed by atoms with Gasteiger partial charge in [0.1, 0.15) is 0 Å². The summed E-state index contributed by atoms with van der Waals surface area (Å²) in [5.74, 6) is 0. The maximum absolute atomic E-state index is 3.46. The van der Waals surface area contributed by atoms with E-state index in [1.807, 2.05) is 0 Å². The molecule has 0 aromatic heterocycles. The van der Waals surface area contributed by atoms with Crippen molar-refractivity contribution in [2.75, 3.05) is 0 Å². The quantitative estimate of drug-likeness (QED) is 0.619. The van der Waals surface area contributed by atoms with Gasteiger partial charge in [-0.15, -0.1) is 0 Å². The Morgan fingerprint density at radius 1 is 0.938 bits per heavy atom. The summed E-state index contributed by atoms with van der Waals surface area (Å²) < 4.78 is 0. The summed E-state index contributed by atoms with van der Waals surface area (Å²) in [4.78, 5) is 0. The maximum Gasteiger partial charge on any atom is -0.0146 e. The molecule has 1 aromatic carbocycles. The molecule has 0 aliphatic carbocycles. The molecule has 1 radical (unpaired) electrons. The first-order chi connectivity index (χ1) is 7.83. The smallest absolute Gasteiger partial charge is 0.0146 e. The molecule has 0 unspecified atom stereocenters. The highest BCUT2D eigenvalue weighted by Crippen LogP contribution is 2.20. The van der Waals surface area contributed by atoms with Gasteiger partial charge in [-0.1, -0.05) is 52.2 Å². The van der Waals surface area contributed by atoms with Crippen LogP contribution in [0.3, 0.4) is 0 Å². The van der Waals surface area contributed by atoms with Crippen LogP contribution in [0.25, 0.3) is 0 Å². The Morgan fingerprint density at radius 3 is 2.31 bits per heavy atom. The number of hydrogen-bond acceptors (Lipinski definition) is 0. The van der Waals surface area contributed by atoms with Crippen LogP contribution in [-0.2, 0) is 19.3 Å². The minimum absolute atomic E-state index is 1.21. The first kappa shape index (κ1) is 13.3. The lowest BCUT2D eigenvalue weighted by molar-refractivity contribution is 0.770. The van der Waals surface area contributed by atoms with E-state index >= 15 is 0 Å². The molecule has 0 heteroatoms. The summed E-state index contributed by atoms with van der Waals surface area (Å²) in [7, 11) is 0. The summed E-state index contributed by atoms with van der Waals surface area (Å²) in [5.41, 5.74) is 4.64. The van der Waals surface area contributed by atoms with E-state index < -0.39 is 0 Å². The van der Waals surface area contributed by atoms with Crippen LogP contribution in [0.15, 0.2) is 12.1 Å². The van der Waals surface area contributed by atoms with Gasteiger partial charge in [0.05, 0.1) is 0 Å². The molecule has 0 saturated carbocycles. The van der Waals surface area contributed by atoms with Gasteiger partial charge in [0, 0.05) is 0 Å². The van der Waals surface area contributed by atoms with Crippen LogP contribution in [-0.4, -0.2) is 0 Å². The van der Waals surface area contributed by atoms with E-state index in [1.54, 1.807) is 11.1 Å². The molecule has 0 spiro atoms. The third-order valence-electron chi connectivity index (χ3n) is 3.09.